The minimum Gasteiger partial charge on any atom is -0.377 e. The topological polar surface area (TPSA) is 120 Å². The molecule has 0 unspecified atom stereocenters. The molecule has 0 saturated heterocycles. The first kappa shape index (κ1) is 33.5. The molecule has 2 amide bonds. The summed E-state index contributed by atoms with van der Waals surface area (Å²) in [7, 11) is 0. The van der Waals surface area contributed by atoms with Gasteiger partial charge in [0.05, 0.1) is 125 Å². The molecule has 0 aromatic heterocycles. The second-order valence-electron chi connectivity index (χ2n) is 7.98. The first-order valence-corrected chi connectivity index (χ1v) is 12.9. The van der Waals surface area contributed by atoms with Crippen LogP contribution in [0.25, 0.3) is 0 Å². The molecule has 37 heavy (non-hydrogen) atoms. The summed E-state index contributed by atoms with van der Waals surface area (Å²) in [6, 6.07) is 0. The van der Waals surface area contributed by atoms with Crippen LogP contribution in [-0.4, -0.2) is 142 Å². The SMILES string of the molecule is CC(C)OCCOCCOCCOCCOCCOCCOCCOCCOCCN1C(=O)C=CC1=O. The summed E-state index contributed by atoms with van der Waals surface area (Å²) < 4.78 is 48.6. The van der Waals surface area contributed by atoms with Crippen molar-refractivity contribution in [3.63, 3.8) is 0 Å². The summed E-state index contributed by atoms with van der Waals surface area (Å²) in [6.07, 6.45) is 2.74. The van der Waals surface area contributed by atoms with Crippen LogP contribution in [0.5, 0.6) is 0 Å². The lowest BCUT2D eigenvalue weighted by atomic mass is 10.5. The fourth-order valence-corrected chi connectivity index (χ4v) is 2.79. The van der Waals surface area contributed by atoms with Crippen molar-refractivity contribution in [2.45, 2.75) is 20.0 Å². The Hall–Kier alpha value is -1.48. The molecule has 0 N–H and O–H groups in total. The Labute approximate surface area is 220 Å². The quantitative estimate of drug-likeness (QED) is 0.103. The molecule has 0 atom stereocenters. The number of rotatable bonds is 28. The summed E-state index contributed by atoms with van der Waals surface area (Å²) in [5.74, 6) is -0.606. The minimum absolute atomic E-state index is 0.227. The number of nitrogens with zero attached hydrogens (tertiary/aromatic N) is 1. The maximum atomic E-state index is 11.4. The van der Waals surface area contributed by atoms with Gasteiger partial charge in [0.25, 0.3) is 11.8 Å². The highest BCUT2D eigenvalue weighted by molar-refractivity contribution is 6.12. The molecular formula is C25H45NO11. The van der Waals surface area contributed by atoms with Gasteiger partial charge in [-0.1, -0.05) is 0 Å². The van der Waals surface area contributed by atoms with E-state index in [2.05, 4.69) is 0 Å². The molecule has 12 heteroatoms. The first-order valence-electron chi connectivity index (χ1n) is 12.9. The van der Waals surface area contributed by atoms with Crippen molar-refractivity contribution in [2.75, 3.05) is 119 Å². The Kier molecular flexibility index (Phi) is 22.5. The van der Waals surface area contributed by atoms with E-state index in [1.54, 1.807) is 0 Å². The van der Waals surface area contributed by atoms with Crippen LogP contribution in [0.3, 0.4) is 0 Å². The monoisotopic (exact) mass is 535 g/mol. The van der Waals surface area contributed by atoms with Crippen molar-refractivity contribution in [1.82, 2.24) is 4.90 Å². The lowest BCUT2D eigenvalue weighted by Crippen LogP contribution is -2.33. The molecule has 0 bridgehead atoms. The van der Waals surface area contributed by atoms with Crippen LogP contribution in [0.1, 0.15) is 13.8 Å². The van der Waals surface area contributed by atoms with Gasteiger partial charge >= 0.3 is 0 Å². The van der Waals surface area contributed by atoms with Crippen molar-refractivity contribution >= 4 is 11.8 Å². The van der Waals surface area contributed by atoms with Crippen LogP contribution < -0.4 is 0 Å². The zero-order valence-electron chi connectivity index (χ0n) is 22.4. The molecule has 0 aliphatic carbocycles. The fourth-order valence-electron chi connectivity index (χ4n) is 2.79. The van der Waals surface area contributed by atoms with Gasteiger partial charge in [0.1, 0.15) is 0 Å². The Balaban J connectivity index is 1.65. The zero-order chi connectivity index (χ0) is 26.8. The van der Waals surface area contributed by atoms with Crippen molar-refractivity contribution in [2.24, 2.45) is 0 Å². The Morgan fingerprint density at radius 1 is 0.486 bits per heavy atom. The highest BCUT2D eigenvalue weighted by Crippen LogP contribution is 2.02. The fraction of sp³-hybridized carbons (Fsp3) is 0.840. The number of hydrogen-bond donors (Lipinski definition) is 0. The van der Waals surface area contributed by atoms with E-state index in [0.29, 0.717) is 106 Å². The van der Waals surface area contributed by atoms with Gasteiger partial charge in [-0.2, -0.15) is 0 Å². The Morgan fingerprint density at radius 2 is 0.757 bits per heavy atom. The highest BCUT2D eigenvalue weighted by atomic mass is 16.6. The second kappa shape index (κ2) is 24.8. The van der Waals surface area contributed by atoms with E-state index >= 15 is 0 Å². The maximum absolute atomic E-state index is 11.4. The number of carbonyl (C=O) groups is 2. The normalized spacial score (nSPS) is 13.5. The number of hydrogen-bond acceptors (Lipinski definition) is 11. The van der Waals surface area contributed by atoms with E-state index in [-0.39, 0.29) is 31.1 Å². The summed E-state index contributed by atoms with van der Waals surface area (Å²) in [4.78, 5) is 23.9. The van der Waals surface area contributed by atoms with Gasteiger partial charge in [0, 0.05) is 12.2 Å². The molecule has 216 valence electrons. The average molecular weight is 536 g/mol. The Bertz CT molecular complexity index is 571. The van der Waals surface area contributed by atoms with Gasteiger partial charge in [-0.25, -0.2) is 0 Å². The molecule has 1 heterocycles. The van der Waals surface area contributed by atoms with E-state index < -0.39 is 0 Å². The van der Waals surface area contributed by atoms with Crippen LogP contribution in [0, 0.1) is 0 Å². The standard InChI is InChI=1S/C25H45NO11/c1-23(2)37-22-21-36-20-19-35-18-17-34-16-15-33-14-13-32-12-11-31-10-9-30-8-7-29-6-5-26-24(27)3-4-25(26)28/h3-4,23H,5-22H2,1-2H3. The maximum Gasteiger partial charge on any atom is 0.253 e. The summed E-state index contributed by atoms with van der Waals surface area (Å²) >= 11 is 0. The molecule has 0 saturated carbocycles. The van der Waals surface area contributed by atoms with Gasteiger partial charge in [0.15, 0.2) is 0 Å². The predicted octanol–water partition coefficient (Wildman–Crippen LogP) is 0.469. The lowest BCUT2D eigenvalue weighted by Gasteiger charge is -2.13. The second-order valence-corrected chi connectivity index (χ2v) is 7.98. The van der Waals surface area contributed by atoms with Crippen LogP contribution >= 0.6 is 0 Å². The van der Waals surface area contributed by atoms with Crippen LogP contribution in [0.2, 0.25) is 0 Å². The molecule has 1 aliphatic heterocycles. The van der Waals surface area contributed by atoms with Crippen molar-refractivity contribution in [3.05, 3.63) is 12.2 Å². The molecule has 1 rings (SSSR count). The third-order valence-electron chi connectivity index (χ3n) is 4.64. The van der Waals surface area contributed by atoms with Gasteiger partial charge in [0.2, 0.25) is 0 Å². The van der Waals surface area contributed by atoms with E-state index in [0.717, 1.165) is 4.90 Å². The third-order valence-corrected chi connectivity index (χ3v) is 4.64. The first-order chi connectivity index (χ1) is 18.1. The van der Waals surface area contributed by atoms with E-state index in [9.17, 15) is 9.59 Å². The predicted molar refractivity (Wildman–Crippen MR) is 134 cm³/mol. The number of ether oxygens (including phenoxy) is 9. The summed E-state index contributed by atoms with van der Waals surface area (Å²) in [5.41, 5.74) is 0. The molecule has 0 radical (unpaired) electrons. The molecule has 1 aliphatic rings. The van der Waals surface area contributed by atoms with Crippen molar-refractivity contribution < 1.29 is 52.2 Å². The molecule has 0 spiro atoms. The summed E-state index contributed by atoms with van der Waals surface area (Å²) in [6.45, 7) is 12.5. The number of carbonyl (C=O) groups excluding carboxylic acids is 2. The van der Waals surface area contributed by atoms with Gasteiger partial charge in [-0.15, -0.1) is 0 Å². The van der Waals surface area contributed by atoms with Crippen LogP contribution in [0.15, 0.2) is 12.2 Å². The zero-order valence-corrected chi connectivity index (χ0v) is 22.4. The van der Waals surface area contributed by atoms with E-state index in [1.165, 1.54) is 12.2 Å². The van der Waals surface area contributed by atoms with E-state index in [4.69, 9.17) is 42.6 Å². The van der Waals surface area contributed by atoms with Crippen molar-refractivity contribution in [1.29, 1.82) is 0 Å². The number of amides is 2. The number of imide groups is 1. The van der Waals surface area contributed by atoms with E-state index in [1.807, 2.05) is 13.8 Å². The Morgan fingerprint density at radius 3 is 1.05 bits per heavy atom. The smallest absolute Gasteiger partial charge is 0.253 e. The molecule has 0 aromatic carbocycles. The molecular weight excluding hydrogens is 490 g/mol. The molecule has 12 nitrogen and oxygen atoms in total. The minimum atomic E-state index is -0.303. The van der Waals surface area contributed by atoms with Crippen LogP contribution in [-0.2, 0) is 52.2 Å². The average Bonchev–Trinajstić information content (AvgIpc) is 3.20. The third kappa shape index (κ3) is 21.2. The van der Waals surface area contributed by atoms with Gasteiger partial charge < -0.3 is 42.6 Å². The summed E-state index contributed by atoms with van der Waals surface area (Å²) in [5, 5.41) is 0. The largest absolute Gasteiger partial charge is 0.377 e. The molecule has 0 fully saturated rings. The molecule has 0 aromatic rings. The van der Waals surface area contributed by atoms with Gasteiger partial charge in [-0.05, 0) is 13.8 Å². The van der Waals surface area contributed by atoms with Crippen molar-refractivity contribution in [3.8, 4) is 0 Å². The van der Waals surface area contributed by atoms with Gasteiger partial charge in [-0.3, -0.25) is 14.5 Å². The van der Waals surface area contributed by atoms with Crippen LogP contribution in [0.4, 0.5) is 0 Å². The lowest BCUT2D eigenvalue weighted by molar-refractivity contribution is -0.137. The highest BCUT2D eigenvalue weighted by Gasteiger charge is 2.22.